The lowest BCUT2D eigenvalue weighted by atomic mass is 9.87. The standard InChI is InChI=1S/C15H19NO2/c17-12-7-5-11(6-8-12)9-16-14-10-18-15-4-2-1-3-13(14)15/h1-4,10-12,16-17H,5-9H2. The van der Waals surface area contributed by atoms with E-state index in [1.807, 2.05) is 18.2 Å². The number of anilines is 1. The molecular formula is C15H19NO2. The fourth-order valence-corrected chi connectivity index (χ4v) is 2.72. The van der Waals surface area contributed by atoms with E-state index in [4.69, 9.17) is 4.42 Å². The van der Waals surface area contributed by atoms with E-state index in [9.17, 15) is 5.11 Å². The van der Waals surface area contributed by atoms with Crippen LogP contribution in [0.1, 0.15) is 25.7 Å². The topological polar surface area (TPSA) is 45.4 Å². The number of benzene rings is 1. The second-order valence-corrected chi connectivity index (χ2v) is 5.20. The van der Waals surface area contributed by atoms with Gasteiger partial charge < -0.3 is 14.8 Å². The van der Waals surface area contributed by atoms with Crippen LogP contribution in [0.3, 0.4) is 0 Å². The first-order valence-electron chi connectivity index (χ1n) is 6.71. The summed E-state index contributed by atoms with van der Waals surface area (Å²) >= 11 is 0. The van der Waals surface area contributed by atoms with E-state index in [0.29, 0.717) is 5.92 Å². The molecule has 1 aliphatic rings. The van der Waals surface area contributed by atoms with Crippen LogP contribution in [0.5, 0.6) is 0 Å². The van der Waals surface area contributed by atoms with Crippen LogP contribution in [-0.4, -0.2) is 17.8 Å². The molecule has 96 valence electrons. The second-order valence-electron chi connectivity index (χ2n) is 5.20. The Morgan fingerprint density at radius 1 is 1.17 bits per heavy atom. The summed E-state index contributed by atoms with van der Waals surface area (Å²) in [5.74, 6) is 0.669. The minimum absolute atomic E-state index is 0.0731. The number of aliphatic hydroxyl groups excluding tert-OH is 1. The molecule has 1 saturated carbocycles. The number of nitrogens with one attached hydrogen (secondary N) is 1. The van der Waals surface area contributed by atoms with Crippen LogP contribution in [0.25, 0.3) is 11.0 Å². The van der Waals surface area contributed by atoms with Crippen LogP contribution in [0.15, 0.2) is 34.9 Å². The van der Waals surface area contributed by atoms with Crippen molar-refractivity contribution in [2.45, 2.75) is 31.8 Å². The Bertz CT molecular complexity index is 512. The molecule has 0 unspecified atom stereocenters. The summed E-state index contributed by atoms with van der Waals surface area (Å²) in [6.07, 6.45) is 5.84. The Hall–Kier alpha value is -1.48. The van der Waals surface area contributed by atoms with E-state index in [-0.39, 0.29) is 6.10 Å². The highest BCUT2D eigenvalue weighted by Crippen LogP contribution is 2.28. The van der Waals surface area contributed by atoms with Crippen molar-refractivity contribution in [1.82, 2.24) is 0 Å². The number of para-hydroxylation sites is 1. The van der Waals surface area contributed by atoms with Gasteiger partial charge in [-0.2, -0.15) is 0 Å². The largest absolute Gasteiger partial charge is 0.462 e. The molecule has 0 atom stereocenters. The molecule has 0 spiro atoms. The van der Waals surface area contributed by atoms with Crippen molar-refractivity contribution in [1.29, 1.82) is 0 Å². The summed E-state index contributed by atoms with van der Waals surface area (Å²) < 4.78 is 5.50. The van der Waals surface area contributed by atoms with Crippen molar-refractivity contribution in [2.24, 2.45) is 5.92 Å². The zero-order chi connectivity index (χ0) is 12.4. The lowest BCUT2D eigenvalue weighted by Gasteiger charge is -2.25. The Morgan fingerprint density at radius 3 is 2.78 bits per heavy atom. The smallest absolute Gasteiger partial charge is 0.136 e. The third kappa shape index (κ3) is 2.36. The quantitative estimate of drug-likeness (QED) is 0.871. The van der Waals surface area contributed by atoms with Crippen LogP contribution < -0.4 is 5.32 Å². The molecule has 1 aromatic heterocycles. The predicted molar refractivity (Wildman–Crippen MR) is 72.7 cm³/mol. The number of rotatable bonds is 3. The molecular weight excluding hydrogens is 226 g/mol. The zero-order valence-corrected chi connectivity index (χ0v) is 10.4. The molecule has 3 heteroatoms. The summed E-state index contributed by atoms with van der Waals surface area (Å²) in [5.41, 5.74) is 2.01. The van der Waals surface area contributed by atoms with Crippen LogP contribution in [0.2, 0.25) is 0 Å². The van der Waals surface area contributed by atoms with Gasteiger partial charge in [0, 0.05) is 11.9 Å². The molecule has 18 heavy (non-hydrogen) atoms. The summed E-state index contributed by atoms with van der Waals surface area (Å²) in [4.78, 5) is 0. The predicted octanol–water partition coefficient (Wildman–Crippen LogP) is 3.40. The number of furan rings is 1. The minimum atomic E-state index is -0.0731. The van der Waals surface area contributed by atoms with Gasteiger partial charge in [-0.05, 0) is 43.7 Å². The van der Waals surface area contributed by atoms with E-state index in [1.54, 1.807) is 6.26 Å². The number of fused-ring (bicyclic) bond motifs is 1. The van der Waals surface area contributed by atoms with E-state index in [2.05, 4.69) is 11.4 Å². The fourth-order valence-electron chi connectivity index (χ4n) is 2.72. The molecule has 1 fully saturated rings. The number of hydrogen-bond donors (Lipinski definition) is 2. The zero-order valence-electron chi connectivity index (χ0n) is 10.4. The minimum Gasteiger partial charge on any atom is -0.462 e. The second kappa shape index (κ2) is 5.02. The van der Waals surface area contributed by atoms with Gasteiger partial charge in [0.25, 0.3) is 0 Å². The van der Waals surface area contributed by atoms with Gasteiger partial charge in [0.15, 0.2) is 0 Å². The van der Waals surface area contributed by atoms with Crippen molar-refractivity contribution in [3.05, 3.63) is 30.5 Å². The Balaban J connectivity index is 1.63. The molecule has 0 bridgehead atoms. The highest BCUT2D eigenvalue weighted by Gasteiger charge is 2.19. The number of hydrogen-bond acceptors (Lipinski definition) is 3. The van der Waals surface area contributed by atoms with Gasteiger partial charge in [0.1, 0.15) is 11.8 Å². The first kappa shape index (κ1) is 11.6. The van der Waals surface area contributed by atoms with Crippen molar-refractivity contribution < 1.29 is 9.52 Å². The number of aliphatic hydroxyl groups is 1. The SMILES string of the molecule is OC1CCC(CNc2coc3ccccc23)CC1. The highest BCUT2D eigenvalue weighted by atomic mass is 16.3. The van der Waals surface area contributed by atoms with Gasteiger partial charge >= 0.3 is 0 Å². The van der Waals surface area contributed by atoms with Gasteiger partial charge in [-0.25, -0.2) is 0 Å². The molecule has 1 heterocycles. The van der Waals surface area contributed by atoms with Gasteiger partial charge in [0.2, 0.25) is 0 Å². The Labute approximate surface area is 107 Å². The maximum Gasteiger partial charge on any atom is 0.136 e. The Morgan fingerprint density at radius 2 is 1.94 bits per heavy atom. The van der Waals surface area contributed by atoms with Crippen LogP contribution in [-0.2, 0) is 0 Å². The van der Waals surface area contributed by atoms with Gasteiger partial charge in [-0.15, -0.1) is 0 Å². The van der Waals surface area contributed by atoms with E-state index < -0.39 is 0 Å². The highest BCUT2D eigenvalue weighted by molar-refractivity contribution is 5.90. The van der Waals surface area contributed by atoms with Crippen molar-refractivity contribution >= 4 is 16.7 Å². The third-order valence-electron chi connectivity index (χ3n) is 3.88. The molecule has 3 rings (SSSR count). The summed E-state index contributed by atoms with van der Waals surface area (Å²) in [5, 5.41) is 14.1. The van der Waals surface area contributed by atoms with Gasteiger partial charge in [-0.1, -0.05) is 12.1 Å². The molecule has 0 aliphatic heterocycles. The summed E-state index contributed by atoms with van der Waals surface area (Å²) in [7, 11) is 0. The van der Waals surface area contributed by atoms with Crippen LogP contribution in [0, 0.1) is 5.92 Å². The summed E-state index contributed by atoms with van der Waals surface area (Å²) in [6, 6.07) is 8.07. The van der Waals surface area contributed by atoms with Gasteiger partial charge in [0.05, 0.1) is 11.8 Å². The fraction of sp³-hybridized carbons (Fsp3) is 0.467. The van der Waals surface area contributed by atoms with Crippen LogP contribution in [0.4, 0.5) is 5.69 Å². The van der Waals surface area contributed by atoms with E-state index in [0.717, 1.165) is 48.9 Å². The normalized spacial score (nSPS) is 24.3. The molecule has 1 aromatic carbocycles. The first-order chi connectivity index (χ1) is 8.83. The third-order valence-corrected chi connectivity index (χ3v) is 3.88. The maximum atomic E-state index is 9.49. The molecule has 1 aliphatic carbocycles. The molecule has 3 nitrogen and oxygen atoms in total. The van der Waals surface area contributed by atoms with Crippen molar-refractivity contribution in [3.63, 3.8) is 0 Å². The molecule has 2 N–H and O–H groups in total. The lowest BCUT2D eigenvalue weighted by molar-refractivity contribution is 0.111. The Kier molecular flexibility index (Phi) is 3.24. The summed E-state index contributed by atoms with van der Waals surface area (Å²) in [6.45, 7) is 0.968. The van der Waals surface area contributed by atoms with E-state index in [1.165, 1.54) is 0 Å². The van der Waals surface area contributed by atoms with Crippen molar-refractivity contribution in [2.75, 3.05) is 11.9 Å². The first-order valence-corrected chi connectivity index (χ1v) is 6.71. The van der Waals surface area contributed by atoms with Crippen LogP contribution >= 0.6 is 0 Å². The van der Waals surface area contributed by atoms with E-state index >= 15 is 0 Å². The molecule has 0 amide bonds. The monoisotopic (exact) mass is 245 g/mol. The molecule has 0 radical (unpaired) electrons. The maximum absolute atomic E-state index is 9.49. The lowest BCUT2D eigenvalue weighted by Crippen LogP contribution is -2.23. The average Bonchev–Trinajstić information content (AvgIpc) is 2.82. The molecule has 2 aromatic rings. The average molecular weight is 245 g/mol. The van der Waals surface area contributed by atoms with Gasteiger partial charge in [-0.3, -0.25) is 0 Å². The molecule has 0 saturated heterocycles. The van der Waals surface area contributed by atoms with Crippen molar-refractivity contribution in [3.8, 4) is 0 Å².